The molecule has 4 aromatic rings. The second kappa shape index (κ2) is 4.56. The van der Waals surface area contributed by atoms with Crippen LogP contribution in [0.15, 0.2) is 54.7 Å². The van der Waals surface area contributed by atoms with Gasteiger partial charge in [0, 0.05) is 23.6 Å². The molecule has 0 aliphatic heterocycles. The van der Waals surface area contributed by atoms with E-state index >= 15 is 0 Å². The average Bonchev–Trinajstić information content (AvgIpc) is 2.87. The predicted octanol–water partition coefficient (Wildman–Crippen LogP) is 3.33. The summed E-state index contributed by atoms with van der Waals surface area (Å²) in [5, 5.41) is 8.87. The van der Waals surface area contributed by atoms with Gasteiger partial charge in [-0.15, -0.1) is 5.10 Å². The van der Waals surface area contributed by atoms with Crippen molar-refractivity contribution in [2.75, 3.05) is 5.32 Å². The minimum absolute atomic E-state index is 0.701. The molecule has 0 amide bonds. The smallest absolute Gasteiger partial charge is 0.183 e. The van der Waals surface area contributed by atoms with Gasteiger partial charge in [0.1, 0.15) is 5.82 Å². The van der Waals surface area contributed by atoms with Crippen molar-refractivity contribution in [3.8, 4) is 0 Å². The molecule has 0 unspecified atom stereocenters. The van der Waals surface area contributed by atoms with Crippen LogP contribution in [-0.4, -0.2) is 19.6 Å². The van der Waals surface area contributed by atoms with E-state index in [1.54, 1.807) is 10.7 Å². The highest BCUT2D eigenvalue weighted by Gasteiger charge is 2.11. The van der Waals surface area contributed by atoms with Gasteiger partial charge in [-0.3, -0.25) is 0 Å². The van der Waals surface area contributed by atoms with Crippen LogP contribution in [0.5, 0.6) is 0 Å². The number of rotatable bonds is 2. The SMILES string of the molecule is Cc1cc(Nc2ccccc2)n2nc3ncccc3c2n1. The Morgan fingerprint density at radius 3 is 2.76 bits per heavy atom. The van der Waals surface area contributed by atoms with Gasteiger partial charge in [0.15, 0.2) is 11.3 Å². The Kier molecular flexibility index (Phi) is 2.57. The fourth-order valence-electron chi connectivity index (χ4n) is 2.40. The fraction of sp³-hybridized carbons (Fsp3) is 0.0625. The number of anilines is 2. The Morgan fingerprint density at radius 1 is 1.05 bits per heavy atom. The summed E-state index contributed by atoms with van der Waals surface area (Å²) < 4.78 is 1.80. The second-order valence-corrected chi connectivity index (χ2v) is 4.88. The van der Waals surface area contributed by atoms with E-state index in [0.717, 1.165) is 28.2 Å². The maximum absolute atomic E-state index is 4.59. The number of aromatic nitrogens is 4. The molecule has 3 heterocycles. The van der Waals surface area contributed by atoms with Gasteiger partial charge in [0.2, 0.25) is 0 Å². The molecule has 5 nitrogen and oxygen atoms in total. The van der Waals surface area contributed by atoms with Crippen molar-refractivity contribution in [3.63, 3.8) is 0 Å². The van der Waals surface area contributed by atoms with Crippen molar-refractivity contribution >= 4 is 28.2 Å². The third-order valence-corrected chi connectivity index (χ3v) is 3.33. The standard InChI is InChI=1S/C16H13N5/c1-11-10-14(19-12-6-3-2-4-7-12)21-16(18-11)13-8-5-9-17-15(13)20-21/h2-10,19H,1H3. The summed E-state index contributed by atoms with van der Waals surface area (Å²) in [7, 11) is 0. The summed E-state index contributed by atoms with van der Waals surface area (Å²) >= 11 is 0. The van der Waals surface area contributed by atoms with Crippen LogP contribution in [0.1, 0.15) is 5.69 Å². The van der Waals surface area contributed by atoms with Crippen LogP contribution in [0.4, 0.5) is 11.5 Å². The first-order valence-electron chi connectivity index (χ1n) is 6.74. The molecule has 0 atom stereocenters. The number of benzene rings is 1. The summed E-state index contributed by atoms with van der Waals surface area (Å²) in [4.78, 5) is 8.88. The normalized spacial score (nSPS) is 11.1. The molecule has 1 aromatic carbocycles. The van der Waals surface area contributed by atoms with Crippen molar-refractivity contribution in [2.24, 2.45) is 0 Å². The zero-order valence-corrected chi connectivity index (χ0v) is 11.5. The first-order valence-corrected chi connectivity index (χ1v) is 6.74. The second-order valence-electron chi connectivity index (χ2n) is 4.88. The molecule has 0 fully saturated rings. The molecular formula is C16H13N5. The maximum atomic E-state index is 4.59. The molecule has 0 spiro atoms. The van der Waals surface area contributed by atoms with Gasteiger partial charge >= 0.3 is 0 Å². The first-order chi connectivity index (χ1) is 10.3. The number of para-hydroxylation sites is 1. The lowest BCUT2D eigenvalue weighted by atomic mass is 10.3. The van der Waals surface area contributed by atoms with Crippen LogP contribution >= 0.6 is 0 Å². The lowest BCUT2D eigenvalue weighted by Crippen LogP contribution is -2.02. The lowest BCUT2D eigenvalue weighted by Gasteiger charge is -2.08. The van der Waals surface area contributed by atoms with E-state index in [2.05, 4.69) is 20.4 Å². The van der Waals surface area contributed by atoms with Crippen LogP contribution in [0, 0.1) is 6.92 Å². The predicted molar refractivity (Wildman–Crippen MR) is 82.7 cm³/mol. The summed E-state index contributed by atoms with van der Waals surface area (Å²) in [5.41, 5.74) is 3.46. The zero-order valence-electron chi connectivity index (χ0n) is 11.5. The number of fused-ring (bicyclic) bond motifs is 3. The van der Waals surface area contributed by atoms with E-state index < -0.39 is 0 Å². The zero-order chi connectivity index (χ0) is 14.2. The van der Waals surface area contributed by atoms with Crippen molar-refractivity contribution in [1.29, 1.82) is 0 Å². The molecular weight excluding hydrogens is 262 g/mol. The largest absolute Gasteiger partial charge is 0.340 e. The van der Waals surface area contributed by atoms with Crippen LogP contribution in [-0.2, 0) is 0 Å². The van der Waals surface area contributed by atoms with E-state index in [9.17, 15) is 0 Å². The fourth-order valence-corrected chi connectivity index (χ4v) is 2.40. The number of hydrogen-bond acceptors (Lipinski definition) is 4. The number of aryl methyl sites for hydroxylation is 1. The third-order valence-electron chi connectivity index (χ3n) is 3.33. The molecule has 3 aromatic heterocycles. The van der Waals surface area contributed by atoms with Gasteiger partial charge in [-0.25, -0.2) is 9.97 Å². The number of hydrogen-bond donors (Lipinski definition) is 1. The van der Waals surface area contributed by atoms with E-state index in [1.807, 2.05) is 55.5 Å². The van der Waals surface area contributed by atoms with E-state index in [0.29, 0.717) is 5.65 Å². The quantitative estimate of drug-likeness (QED) is 0.609. The Balaban J connectivity index is 1.96. The van der Waals surface area contributed by atoms with Crippen LogP contribution in [0.2, 0.25) is 0 Å². The summed E-state index contributed by atoms with van der Waals surface area (Å²) in [6.07, 6.45) is 1.74. The maximum Gasteiger partial charge on any atom is 0.183 e. The minimum atomic E-state index is 0.701. The van der Waals surface area contributed by atoms with Gasteiger partial charge in [0.05, 0.1) is 5.39 Å². The highest BCUT2D eigenvalue weighted by atomic mass is 15.3. The van der Waals surface area contributed by atoms with Gasteiger partial charge in [-0.1, -0.05) is 18.2 Å². The molecule has 0 aliphatic carbocycles. The van der Waals surface area contributed by atoms with Gasteiger partial charge in [0.25, 0.3) is 0 Å². The Morgan fingerprint density at radius 2 is 1.90 bits per heavy atom. The summed E-state index contributed by atoms with van der Waals surface area (Å²) in [6.45, 7) is 1.98. The molecule has 0 saturated heterocycles. The Labute approximate surface area is 121 Å². The number of pyridine rings is 1. The van der Waals surface area contributed by atoms with Crippen molar-refractivity contribution in [2.45, 2.75) is 6.92 Å². The average molecular weight is 275 g/mol. The minimum Gasteiger partial charge on any atom is -0.340 e. The van der Waals surface area contributed by atoms with Gasteiger partial charge in [-0.05, 0) is 31.2 Å². The monoisotopic (exact) mass is 275 g/mol. The van der Waals surface area contributed by atoms with Gasteiger partial charge in [-0.2, -0.15) is 4.52 Å². The molecule has 0 bridgehead atoms. The molecule has 4 rings (SSSR count). The van der Waals surface area contributed by atoms with E-state index in [-0.39, 0.29) is 0 Å². The van der Waals surface area contributed by atoms with E-state index in [1.165, 1.54) is 0 Å². The molecule has 102 valence electrons. The van der Waals surface area contributed by atoms with Crippen molar-refractivity contribution < 1.29 is 0 Å². The van der Waals surface area contributed by atoms with Crippen molar-refractivity contribution in [3.05, 3.63) is 60.4 Å². The Bertz CT molecular complexity index is 927. The van der Waals surface area contributed by atoms with Crippen molar-refractivity contribution in [1.82, 2.24) is 19.6 Å². The third kappa shape index (κ3) is 1.99. The van der Waals surface area contributed by atoms with Crippen LogP contribution < -0.4 is 5.32 Å². The first kappa shape index (κ1) is 11.8. The molecule has 0 aliphatic rings. The molecule has 5 heteroatoms. The molecule has 0 radical (unpaired) electrons. The molecule has 0 saturated carbocycles. The highest BCUT2D eigenvalue weighted by Crippen LogP contribution is 2.22. The topological polar surface area (TPSA) is 55.1 Å². The molecule has 21 heavy (non-hydrogen) atoms. The van der Waals surface area contributed by atoms with Crippen LogP contribution in [0.25, 0.3) is 16.7 Å². The van der Waals surface area contributed by atoms with E-state index in [4.69, 9.17) is 0 Å². The van der Waals surface area contributed by atoms with Crippen LogP contribution in [0.3, 0.4) is 0 Å². The molecule has 1 N–H and O–H groups in total. The summed E-state index contributed by atoms with van der Waals surface area (Å²) in [6, 6.07) is 15.9. The van der Waals surface area contributed by atoms with Gasteiger partial charge < -0.3 is 5.32 Å². The Hall–Kier alpha value is -2.95. The summed E-state index contributed by atoms with van der Waals surface area (Å²) in [5.74, 6) is 0.877. The number of nitrogens with zero attached hydrogens (tertiary/aromatic N) is 4. The number of nitrogens with one attached hydrogen (secondary N) is 1. The highest BCUT2D eigenvalue weighted by molar-refractivity contribution is 5.90. The lowest BCUT2D eigenvalue weighted by molar-refractivity contribution is 0.946.